The van der Waals surface area contributed by atoms with Crippen LogP contribution in [0.15, 0.2) is 30.3 Å². The Morgan fingerprint density at radius 1 is 1.22 bits per heavy atom. The van der Waals surface area contributed by atoms with Crippen LogP contribution in [-0.2, 0) is 30.5 Å². The van der Waals surface area contributed by atoms with E-state index in [1.807, 2.05) is 44.2 Å². The molecule has 32 heavy (non-hydrogen) atoms. The van der Waals surface area contributed by atoms with E-state index >= 15 is 0 Å². The minimum absolute atomic E-state index is 0.128. The first-order chi connectivity index (χ1) is 15.2. The van der Waals surface area contributed by atoms with Gasteiger partial charge >= 0.3 is 12.1 Å². The monoisotopic (exact) mass is 461 g/mol. The summed E-state index contributed by atoms with van der Waals surface area (Å²) in [6, 6.07) is 7.21. The first-order valence-electron chi connectivity index (χ1n) is 10.6. The molecule has 0 aromatic heterocycles. The highest BCUT2D eigenvalue weighted by molar-refractivity contribution is 8.01. The van der Waals surface area contributed by atoms with Crippen LogP contribution in [0.1, 0.15) is 32.3 Å². The quantitative estimate of drug-likeness (QED) is 0.523. The molecule has 0 unspecified atom stereocenters. The van der Waals surface area contributed by atoms with Gasteiger partial charge < -0.3 is 19.7 Å². The maximum absolute atomic E-state index is 13.0. The number of benzene rings is 1. The zero-order chi connectivity index (χ0) is 23.0. The Labute approximate surface area is 190 Å². The lowest BCUT2D eigenvalue weighted by Gasteiger charge is -2.44. The molecule has 0 bridgehead atoms. The van der Waals surface area contributed by atoms with E-state index in [2.05, 4.69) is 5.32 Å². The molecular weight excluding hydrogens is 434 g/mol. The first kappa shape index (κ1) is 22.4. The summed E-state index contributed by atoms with van der Waals surface area (Å²) in [4.78, 5) is 53.4. The topological polar surface area (TPSA) is 105 Å². The molecule has 172 valence electrons. The second kappa shape index (κ2) is 8.65. The highest BCUT2D eigenvalue weighted by atomic mass is 32.2. The van der Waals surface area contributed by atoms with Crippen molar-refractivity contribution in [3.63, 3.8) is 0 Å². The fourth-order valence-electron chi connectivity index (χ4n) is 4.55. The van der Waals surface area contributed by atoms with Crippen molar-refractivity contribution in [2.24, 2.45) is 0 Å². The van der Waals surface area contributed by atoms with E-state index in [1.54, 1.807) is 0 Å². The zero-order valence-corrected chi connectivity index (χ0v) is 19.1. The van der Waals surface area contributed by atoms with E-state index in [-0.39, 0.29) is 23.8 Å². The number of nitrogens with one attached hydrogen (secondary N) is 1. The molecule has 3 aliphatic rings. The summed E-state index contributed by atoms with van der Waals surface area (Å²) in [5.41, 5.74) is 0.863. The second-order valence-corrected chi connectivity index (χ2v) is 10.4. The fourth-order valence-corrected chi connectivity index (χ4v) is 6.17. The van der Waals surface area contributed by atoms with Crippen LogP contribution in [0.3, 0.4) is 0 Å². The van der Waals surface area contributed by atoms with Gasteiger partial charge in [-0.05, 0) is 32.3 Å². The van der Waals surface area contributed by atoms with Crippen molar-refractivity contribution in [2.45, 2.75) is 61.5 Å². The van der Waals surface area contributed by atoms with Gasteiger partial charge in [0.1, 0.15) is 30.1 Å². The number of nitrogens with zero attached hydrogens (tertiary/aromatic N) is 2. The molecule has 0 saturated carbocycles. The predicted molar refractivity (Wildman–Crippen MR) is 116 cm³/mol. The van der Waals surface area contributed by atoms with E-state index in [4.69, 9.17) is 9.47 Å². The highest BCUT2D eigenvalue weighted by Crippen LogP contribution is 2.51. The first-order valence-corrected chi connectivity index (χ1v) is 11.5. The summed E-state index contributed by atoms with van der Waals surface area (Å²) in [7, 11) is 1.30. The van der Waals surface area contributed by atoms with Crippen LogP contribution < -0.4 is 5.32 Å². The van der Waals surface area contributed by atoms with Crippen LogP contribution in [0.4, 0.5) is 4.79 Å². The van der Waals surface area contributed by atoms with Gasteiger partial charge in [-0.2, -0.15) is 0 Å². The number of fused-ring (bicyclic) bond motifs is 1. The Bertz CT molecular complexity index is 924. The standard InChI is InChI=1S/C22H27N3O6S/c1-22(2)16(20(28)30-3)25-18(27)15(19(25)32-22)23-17(26)14-10-7-11-24(14)21(29)31-12-13-8-5-4-6-9-13/h4-6,8-9,14-16,19H,7,10-12H2,1-3H3,(H,23,26)/t14-,15+,16-,19+/m0/s1. The van der Waals surface area contributed by atoms with Gasteiger partial charge in [-0.3, -0.25) is 14.5 Å². The highest BCUT2D eigenvalue weighted by Gasteiger charge is 2.64. The van der Waals surface area contributed by atoms with Crippen LogP contribution in [-0.4, -0.2) is 75.6 Å². The van der Waals surface area contributed by atoms with Gasteiger partial charge in [0.25, 0.3) is 0 Å². The molecule has 3 heterocycles. The fraction of sp³-hybridized carbons (Fsp3) is 0.545. The molecule has 9 nitrogen and oxygen atoms in total. The van der Waals surface area contributed by atoms with Crippen LogP contribution in [0.25, 0.3) is 0 Å². The van der Waals surface area contributed by atoms with Crippen LogP contribution in [0, 0.1) is 0 Å². The lowest BCUT2D eigenvalue weighted by atomic mass is 9.96. The number of carbonyl (C=O) groups is 4. The van der Waals surface area contributed by atoms with Crippen molar-refractivity contribution >= 4 is 35.6 Å². The Kier molecular flexibility index (Phi) is 6.07. The Morgan fingerprint density at radius 2 is 1.94 bits per heavy atom. The number of esters is 1. The van der Waals surface area contributed by atoms with E-state index in [1.165, 1.54) is 28.7 Å². The van der Waals surface area contributed by atoms with Crippen LogP contribution in [0.2, 0.25) is 0 Å². The average Bonchev–Trinajstić information content (AvgIpc) is 3.37. The normalized spacial score (nSPS) is 28.0. The van der Waals surface area contributed by atoms with Crippen molar-refractivity contribution in [3.8, 4) is 0 Å². The number of methoxy groups -OCH3 is 1. The van der Waals surface area contributed by atoms with E-state index in [0.29, 0.717) is 19.4 Å². The zero-order valence-electron chi connectivity index (χ0n) is 18.3. The summed E-state index contributed by atoms with van der Waals surface area (Å²) in [6.07, 6.45) is 0.638. The molecule has 0 spiro atoms. The van der Waals surface area contributed by atoms with Gasteiger partial charge in [-0.1, -0.05) is 30.3 Å². The van der Waals surface area contributed by atoms with E-state index < -0.39 is 34.9 Å². The Hall–Kier alpha value is -2.75. The third kappa shape index (κ3) is 3.92. The molecule has 10 heteroatoms. The second-order valence-electron chi connectivity index (χ2n) is 8.66. The number of hydrogen-bond acceptors (Lipinski definition) is 7. The minimum atomic E-state index is -0.732. The van der Waals surface area contributed by atoms with Crippen molar-refractivity contribution < 1.29 is 28.7 Å². The molecule has 4 rings (SSSR count). The number of β-lactam (4-membered cyclic amide) rings is 1. The van der Waals surface area contributed by atoms with Gasteiger partial charge in [0.15, 0.2) is 0 Å². The number of likely N-dealkylation sites (tertiary alicyclic amines) is 1. The molecule has 3 fully saturated rings. The Morgan fingerprint density at radius 3 is 2.62 bits per heavy atom. The van der Waals surface area contributed by atoms with Gasteiger partial charge in [-0.15, -0.1) is 11.8 Å². The number of thioether (sulfide) groups is 1. The average molecular weight is 462 g/mol. The summed E-state index contributed by atoms with van der Waals surface area (Å²) < 4.78 is 9.72. The van der Waals surface area contributed by atoms with E-state index in [0.717, 1.165) is 5.56 Å². The number of hydrogen-bond donors (Lipinski definition) is 1. The maximum Gasteiger partial charge on any atom is 0.410 e. The van der Waals surface area contributed by atoms with Crippen molar-refractivity contribution in [3.05, 3.63) is 35.9 Å². The molecule has 1 aromatic rings. The van der Waals surface area contributed by atoms with Gasteiger partial charge in [-0.25, -0.2) is 9.59 Å². The number of rotatable bonds is 5. The van der Waals surface area contributed by atoms with Gasteiger partial charge in [0.05, 0.1) is 7.11 Å². The maximum atomic E-state index is 13.0. The van der Waals surface area contributed by atoms with Crippen molar-refractivity contribution in [1.29, 1.82) is 0 Å². The smallest absolute Gasteiger partial charge is 0.410 e. The SMILES string of the molecule is COC(=O)[C@@H]1N2C(=O)[C@@H](NC(=O)[C@@H]3CCCN3C(=O)OCc3ccccc3)[C@H]2SC1(C)C. The van der Waals surface area contributed by atoms with Crippen LogP contribution >= 0.6 is 11.8 Å². The predicted octanol–water partition coefficient (Wildman–Crippen LogP) is 1.51. The number of carbonyl (C=O) groups excluding carboxylic acids is 4. The number of amides is 3. The Balaban J connectivity index is 1.37. The van der Waals surface area contributed by atoms with E-state index in [9.17, 15) is 19.2 Å². The lowest BCUT2D eigenvalue weighted by Crippen LogP contribution is -2.71. The molecule has 3 aliphatic heterocycles. The molecule has 3 amide bonds. The van der Waals surface area contributed by atoms with Crippen molar-refractivity contribution in [1.82, 2.24) is 15.1 Å². The molecule has 1 aromatic carbocycles. The summed E-state index contributed by atoms with van der Waals surface area (Å²) in [5, 5.41) is 2.46. The van der Waals surface area contributed by atoms with Gasteiger partial charge in [0, 0.05) is 11.3 Å². The molecule has 0 radical (unpaired) electrons. The molecule has 4 atom stereocenters. The summed E-state index contributed by atoms with van der Waals surface area (Å²) in [6.45, 7) is 4.31. The summed E-state index contributed by atoms with van der Waals surface area (Å²) >= 11 is 1.46. The third-order valence-electron chi connectivity index (χ3n) is 6.16. The molecule has 1 N–H and O–H groups in total. The number of ether oxygens (including phenoxy) is 2. The third-order valence-corrected chi connectivity index (χ3v) is 7.73. The molecular formula is C22H27N3O6S. The molecule has 3 saturated heterocycles. The summed E-state index contributed by atoms with van der Waals surface area (Å²) in [5.74, 6) is -1.16. The largest absolute Gasteiger partial charge is 0.467 e. The van der Waals surface area contributed by atoms with Crippen LogP contribution in [0.5, 0.6) is 0 Å². The minimum Gasteiger partial charge on any atom is -0.467 e. The van der Waals surface area contributed by atoms with Gasteiger partial charge in [0.2, 0.25) is 11.8 Å². The lowest BCUT2D eigenvalue weighted by molar-refractivity contribution is -0.163. The molecule has 0 aliphatic carbocycles. The van der Waals surface area contributed by atoms with Crippen molar-refractivity contribution in [2.75, 3.05) is 13.7 Å².